The molecule has 10 heteroatoms. The molecular formula is C18H25N9O. The Balaban J connectivity index is 2.37. The standard InChI is InChI=1S/C18H25N9O/c1-6-8(11(20)15(24)14(23)10(6)19)4-2-7(28)3-5-9-12(21)16(25)18(27)17(26)13(9)22/h2-5H,19-27H2,1H3/b4-2+,5-3+. The van der Waals surface area contributed by atoms with Gasteiger partial charge in [0, 0.05) is 11.1 Å². The number of nitrogens with two attached hydrogens (primary N) is 9. The summed E-state index contributed by atoms with van der Waals surface area (Å²) in [7, 11) is 0. The molecule has 0 amide bonds. The van der Waals surface area contributed by atoms with Crippen molar-refractivity contribution in [2.45, 2.75) is 6.92 Å². The van der Waals surface area contributed by atoms with E-state index in [1.54, 1.807) is 6.92 Å². The lowest BCUT2D eigenvalue weighted by atomic mass is 10.00. The minimum atomic E-state index is -0.375. The average Bonchev–Trinajstić information content (AvgIpc) is 2.67. The number of rotatable bonds is 4. The zero-order valence-corrected chi connectivity index (χ0v) is 15.4. The van der Waals surface area contributed by atoms with E-state index in [0.717, 1.165) is 0 Å². The first-order chi connectivity index (χ1) is 13.0. The number of hydrogen-bond donors (Lipinski definition) is 9. The highest BCUT2D eigenvalue weighted by Crippen LogP contribution is 2.39. The fourth-order valence-electron chi connectivity index (χ4n) is 2.64. The number of benzene rings is 2. The van der Waals surface area contributed by atoms with Crippen LogP contribution in [0.15, 0.2) is 12.2 Å². The second-order valence-electron chi connectivity index (χ2n) is 6.24. The van der Waals surface area contributed by atoms with Crippen molar-refractivity contribution in [3.8, 4) is 0 Å². The number of hydrogen-bond acceptors (Lipinski definition) is 10. The molecule has 0 aliphatic carbocycles. The van der Waals surface area contributed by atoms with Crippen molar-refractivity contribution in [3.63, 3.8) is 0 Å². The van der Waals surface area contributed by atoms with Crippen LogP contribution in [-0.4, -0.2) is 5.78 Å². The van der Waals surface area contributed by atoms with Crippen molar-refractivity contribution in [1.82, 2.24) is 0 Å². The molecule has 0 atom stereocenters. The Morgan fingerprint density at radius 3 is 1.32 bits per heavy atom. The summed E-state index contributed by atoms with van der Waals surface area (Å²) in [6.07, 6.45) is 5.46. The van der Waals surface area contributed by atoms with Crippen LogP contribution in [0.3, 0.4) is 0 Å². The molecule has 0 heterocycles. The highest BCUT2D eigenvalue weighted by Gasteiger charge is 2.15. The topological polar surface area (TPSA) is 251 Å². The smallest absolute Gasteiger partial charge is 0.178 e. The Hall–Kier alpha value is -4.21. The van der Waals surface area contributed by atoms with Gasteiger partial charge >= 0.3 is 0 Å². The SMILES string of the molecule is Cc1c(N)c(N)c(N)c(N)c1/C=C/C(=O)/C=C/c1c(N)c(N)c(N)c(N)c1N. The number of nitrogen functional groups attached to an aromatic ring is 9. The van der Waals surface area contributed by atoms with E-state index in [0.29, 0.717) is 22.4 Å². The van der Waals surface area contributed by atoms with Crippen LogP contribution in [0, 0.1) is 6.92 Å². The van der Waals surface area contributed by atoms with Gasteiger partial charge < -0.3 is 51.6 Å². The summed E-state index contributed by atoms with van der Waals surface area (Å²) in [4.78, 5) is 12.2. The van der Waals surface area contributed by atoms with Gasteiger partial charge in [0.25, 0.3) is 0 Å². The summed E-state index contributed by atoms with van der Waals surface area (Å²) in [5.41, 5.74) is 55.6. The molecule has 0 fully saturated rings. The van der Waals surface area contributed by atoms with Crippen molar-refractivity contribution in [2.24, 2.45) is 0 Å². The van der Waals surface area contributed by atoms with Crippen molar-refractivity contribution >= 4 is 69.1 Å². The third-order valence-electron chi connectivity index (χ3n) is 4.54. The second kappa shape index (κ2) is 7.19. The zero-order valence-electron chi connectivity index (χ0n) is 15.4. The van der Waals surface area contributed by atoms with Crippen LogP contribution in [0.1, 0.15) is 16.7 Å². The van der Waals surface area contributed by atoms with Crippen molar-refractivity contribution in [3.05, 3.63) is 28.8 Å². The molecule has 0 aliphatic heterocycles. The summed E-state index contributed by atoms with van der Waals surface area (Å²) in [5.74, 6) is -0.375. The maximum absolute atomic E-state index is 12.2. The van der Waals surface area contributed by atoms with E-state index < -0.39 is 0 Å². The van der Waals surface area contributed by atoms with Gasteiger partial charge in [-0.25, -0.2) is 0 Å². The van der Waals surface area contributed by atoms with E-state index in [-0.39, 0.29) is 51.3 Å². The Bertz CT molecular complexity index is 899. The molecule has 2 aromatic carbocycles. The third-order valence-corrected chi connectivity index (χ3v) is 4.54. The third kappa shape index (κ3) is 3.26. The van der Waals surface area contributed by atoms with Crippen LogP contribution in [-0.2, 0) is 4.79 Å². The van der Waals surface area contributed by atoms with Gasteiger partial charge in [0.1, 0.15) is 0 Å². The fourth-order valence-corrected chi connectivity index (χ4v) is 2.64. The van der Waals surface area contributed by atoms with Gasteiger partial charge in [0.15, 0.2) is 5.78 Å². The molecule has 28 heavy (non-hydrogen) atoms. The van der Waals surface area contributed by atoms with Gasteiger partial charge in [-0.1, -0.05) is 0 Å². The van der Waals surface area contributed by atoms with Crippen LogP contribution < -0.4 is 51.6 Å². The summed E-state index contributed by atoms with van der Waals surface area (Å²) in [5, 5.41) is 0. The quantitative estimate of drug-likeness (QED) is 0.261. The Morgan fingerprint density at radius 2 is 0.857 bits per heavy atom. The highest BCUT2D eigenvalue weighted by molar-refractivity contribution is 6.08. The first-order valence-corrected chi connectivity index (χ1v) is 8.12. The van der Waals surface area contributed by atoms with Crippen LogP contribution in [0.5, 0.6) is 0 Å². The van der Waals surface area contributed by atoms with Gasteiger partial charge in [0.05, 0.1) is 51.2 Å². The molecule has 0 saturated carbocycles. The zero-order chi connectivity index (χ0) is 21.3. The van der Waals surface area contributed by atoms with E-state index in [1.165, 1.54) is 24.3 Å². The summed E-state index contributed by atoms with van der Waals surface area (Å²) < 4.78 is 0. The molecule has 18 N–H and O–H groups in total. The summed E-state index contributed by atoms with van der Waals surface area (Å²) in [6.45, 7) is 1.73. The summed E-state index contributed by atoms with van der Waals surface area (Å²) >= 11 is 0. The molecule has 0 spiro atoms. The van der Waals surface area contributed by atoms with E-state index in [9.17, 15) is 4.79 Å². The maximum atomic E-state index is 12.2. The average molecular weight is 383 g/mol. The first-order valence-electron chi connectivity index (χ1n) is 8.12. The predicted molar refractivity (Wildman–Crippen MR) is 120 cm³/mol. The molecule has 10 nitrogen and oxygen atoms in total. The molecule has 0 aromatic heterocycles. The van der Waals surface area contributed by atoms with Gasteiger partial charge in [-0.2, -0.15) is 0 Å². The predicted octanol–water partition coefficient (Wildman–Crippen LogP) is 0.531. The molecule has 0 radical (unpaired) electrons. The van der Waals surface area contributed by atoms with E-state index in [1.807, 2.05) is 0 Å². The number of carbonyl (C=O) groups is 1. The van der Waals surface area contributed by atoms with Crippen LogP contribution in [0.25, 0.3) is 12.2 Å². The lowest BCUT2D eigenvalue weighted by Crippen LogP contribution is -2.09. The first kappa shape index (κ1) is 20.1. The Morgan fingerprint density at radius 1 is 0.536 bits per heavy atom. The molecule has 2 rings (SSSR count). The Kier molecular flexibility index (Phi) is 5.16. The minimum Gasteiger partial charge on any atom is -0.397 e. The molecule has 148 valence electrons. The van der Waals surface area contributed by atoms with E-state index in [4.69, 9.17) is 51.6 Å². The van der Waals surface area contributed by atoms with Gasteiger partial charge in [-0.3, -0.25) is 4.79 Å². The number of carbonyl (C=O) groups excluding carboxylic acids is 1. The lowest BCUT2D eigenvalue weighted by Gasteiger charge is -2.14. The highest BCUT2D eigenvalue weighted by atomic mass is 16.1. The molecule has 0 aliphatic rings. The van der Waals surface area contributed by atoms with Crippen molar-refractivity contribution in [1.29, 1.82) is 0 Å². The number of allylic oxidation sites excluding steroid dienone is 2. The molecule has 0 unspecified atom stereocenters. The molecule has 0 saturated heterocycles. The van der Waals surface area contributed by atoms with Crippen LogP contribution >= 0.6 is 0 Å². The normalized spacial score (nSPS) is 11.5. The van der Waals surface area contributed by atoms with Crippen molar-refractivity contribution in [2.75, 3.05) is 51.6 Å². The molecular weight excluding hydrogens is 358 g/mol. The molecule has 0 bridgehead atoms. The van der Waals surface area contributed by atoms with Crippen LogP contribution in [0.2, 0.25) is 0 Å². The van der Waals surface area contributed by atoms with Gasteiger partial charge in [-0.15, -0.1) is 0 Å². The van der Waals surface area contributed by atoms with E-state index in [2.05, 4.69) is 0 Å². The fraction of sp³-hybridized carbons (Fsp3) is 0.0556. The molecule has 2 aromatic rings. The summed E-state index contributed by atoms with van der Waals surface area (Å²) in [6, 6.07) is 0. The number of ketones is 1. The number of anilines is 9. The largest absolute Gasteiger partial charge is 0.397 e. The lowest BCUT2D eigenvalue weighted by molar-refractivity contribution is -0.110. The maximum Gasteiger partial charge on any atom is 0.178 e. The van der Waals surface area contributed by atoms with Gasteiger partial charge in [0.2, 0.25) is 0 Å². The van der Waals surface area contributed by atoms with Crippen molar-refractivity contribution < 1.29 is 4.79 Å². The van der Waals surface area contributed by atoms with E-state index >= 15 is 0 Å². The Labute approximate surface area is 162 Å². The van der Waals surface area contributed by atoms with Crippen LogP contribution in [0.4, 0.5) is 51.2 Å². The van der Waals surface area contributed by atoms with Gasteiger partial charge in [-0.05, 0) is 36.8 Å². The minimum absolute atomic E-state index is 0.0999. The monoisotopic (exact) mass is 383 g/mol. The second-order valence-corrected chi connectivity index (χ2v) is 6.24.